The van der Waals surface area contributed by atoms with Gasteiger partial charge in [-0.25, -0.2) is 0 Å². The van der Waals surface area contributed by atoms with E-state index in [1.165, 1.54) is 30.6 Å². The predicted molar refractivity (Wildman–Crippen MR) is 90.1 cm³/mol. The molecule has 1 heterocycles. The number of para-hydroxylation sites is 1. The number of nitrogens with zero attached hydrogens (tertiary/aromatic N) is 1. The second-order valence-electron chi connectivity index (χ2n) is 6.74. The smallest absolute Gasteiger partial charge is 0.0637 e. The molecule has 3 heteroatoms. The minimum absolute atomic E-state index is 0.0414. The van der Waals surface area contributed by atoms with Crippen LogP contribution in [0.3, 0.4) is 0 Å². The van der Waals surface area contributed by atoms with Crippen molar-refractivity contribution in [3.8, 4) is 0 Å². The number of nitrogens with one attached hydrogen (secondary N) is 1. The third-order valence-corrected chi connectivity index (χ3v) is 4.43. The Labute approximate surface area is 129 Å². The number of hydrogen-bond acceptors (Lipinski definition) is 3. The van der Waals surface area contributed by atoms with Crippen LogP contribution in [-0.4, -0.2) is 38.4 Å². The Hall–Kier alpha value is -1.06. The molecule has 1 aromatic rings. The molecule has 0 radical (unpaired) electrons. The van der Waals surface area contributed by atoms with E-state index >= 15 is 0 Å². The normalized spacial score (nSPS) is 16.1. The Kier molecular flexibility index (Phi) is 5.65. The fourth-order valence-electron chi connectivity index (χ4n) is 3.15. The summed E-state index contributed by atoms with van der Waals surface area (Å²) in [6.07, 6.45) is 3.42. The lowest BCUT2D eigenvalue weighted by atomic mass is 10.00. The average Bonchev–Trinajstić information content (AvgIpc) is 2.86. The summed E-state index contributed by atoms with van der Waals surface area (Å²) in [6.45, 7) is 9.92. The number of methoxy groups -OCH3 is 1. The lowest BCUT2D eigenvalue weighted by Crippen LogP contribution is -2.37. The lowest BCUT2D eigenvalue weighted by molar-refractivity contribution is 0.00862. The third-order valence-electron chi connectivity index (χ3n) is 4.43. The molecular weight excluding hydrogens is 260 g/mol. The van der Waals surface area contributed by atoms with Crippen LogP contribution >= 0.6 is 0 Å². The molecule has 2 rings (SSSR count). The first-order chi connectivity index (χ1) is 10.0. The van der Waals surface area contributed by atoms with Crippen LogP contribution in [0.15, 0.2) is 24.3 Å². The molecule has 0 spiro atoms. The summed E-state index contributed by atoms with van der Waals surface area (Å²) in [4.78, 5) is 2.51. The number of benzene rings is 1. The Balaban J connectivity index is 1.67. The van der Waals surface area contributed by atoms with Crippen molar-refractivity contribution in [3.63, 3.8) is 0 Å². The summed E-state index contributed by atoms with van der Waals surface area (Å²) in [5.41, 5.74) is 2.90. The first-order valence-corrected chi connectivity index (χ1v) is 8.13. The highest BCUT2D eigenvalue weighted by Gasteiger charge is 2.20. The summed E-state index contributed by atoms with van der Waals surface area (Å²) < 4.78 is 5.49. The van der Waals surface area contributed by atoms with E-state index in [1.807, 2.05) is 0 Å². The van der Waals surface area contributed by atoms with Gasteiger partial charge in [0.25, 0.3) is 0 Å². The first kappa shape index (κ1) is 16.3. The highest BCUT2D eigenvalue weighted by molar-refractivity contribution is 5.57. The van der Waals surface area contributed by atoms with Gasteiger partial charge in [0.15, 0.2) is 0 Å². The first-order valence-electron chi connectivity index (χ1n) is 8.13. The summed E-state index contributed by atoms with van der Waals surface area (Å²) in [7, 11) is 1.79. The van der Waals surface area contributed by atoms with Crippen LogP contribution in [0.25, 0.3) is 0 Å². The van der Waals surface area contributed by atoms with Gasteiger partial charge < -0.3 is 15.0 Å². The zero-order valence-electron chi connectivity index (χ0n) is 14.0. The largest absolute Gasteiger partial charge is 0.379 e. The van der Waals surface area contributed by atoms with Gasteiger partial charge in [0.05, 0.1) is 5.60 Å². The molecule has 0 bridgehead atoms. The quantitative estimate of drug-likeness (QED) is 0.744. The van der Waals surface area contributed by atoms with Gasteiger partial charge in [-0.3, -0.25) is 0 Å². The SMILES string of the molecule is COC(C)(C)CC(C)NCCCN1CCc2ccccc21. The van der Waals surface area contributed by atoms with Crippen molar-refractivity contribution >= 4 is 5.69 Å². The molecule has 1 unspecified atom stereocenters. The molecule has 118 valence electrons. The Bertz CT molecular complexity index is 445. The minimum Gasteiger partial charge on any atom is -0.379 e. The van der Waals surface area contributed by atoms with Crippen molar-refractivity contribution in [3.05, 3.63) is 29.8 Å². The highest BCUT2D eigenvalue weighted by Crippen LogP contribution is 2.27. The summed E-state index contributed by atoms with van der Waals surface area (Å²) in [5, 5.41) is 3.61. The van der Waals surface area contributed by atoms with Crippen molar-refractivity contribution < 1.29 is 4.74 Å². The molecule has 0 saturated heterocycles. The Morgan fingerprint density at radius 1 is 1.33 bits per heavy atom. The molecule has 1 aliphatic heterocycles. The molecule has 0 aliphatic carbocycles. The zero-order chi connectivity index (χ0) is 15.3. The maximum Gasteiger partial charge on any atom is 0.0637 e. The minimum atomic E-state index is -0.0414. The molecule has 1 aromatic carbocycles. The predicted octanol–water partition coefficient (Wildman–Crippen LogP) is 3.23. The molecule has 0 fully saturated rings. The van der Waals surface area contributed by atoms with E-state index in [2.05, 4.69) is 55.3 Å². The number of hydrogen-bond donors (Lipinski definition) is 1. The van der Waals surface area contributed by atoms with Crippen LogP contribution in [0.4, 0.5) is 5.69 Å². The number of anilines is 1. The van der Waals surface area contributed by atoms with Crippen LogP contribution in [0.5, 0.6) is 0 Å². The van der Waals surface area contributed by atoms with Crippen LogP contribution in [0.2, 0.25) is 0 Å². The maximum atomic E-state index is 5.49. The number of rotatable bonds is 8. The van der Waals surface area contributed by atoms with Gasteiger partial charge in [0.2, 0.25) is 0 Å². The van der Waals surface area contributed by atoms with Crippen molar-refractivity contribution in [1.29, 1.82) is 0 Å². The van der Waals surface area contributed by atoms with Crippen LogP contribution in [0.1, 0.15) is 39.2 Å². The van der Waals surface area contributed by atoms with Gasteiger partial charge >= 0.3 is 0 Å². The molecule has 1 atom stereocenters. The van der Waals surface area contributed by atoms with Gasteiger partial charge in [-0.15, -0.1) is 0 Å². The van der Waals surface area contributed by atoms with Crippen LogP contribution < -0.4 is 10.2 Å². The van der Waals surface area contributed by atoms with Crippen molar-refractivity contribution in [2.24, 2.45) is 0 Å². The van der Waals surface area contributed by atoms with Crippen molar-refractivity contribution in [1.82, 2.24) is 5.32 Å². The van der Waals surface area contributed by atoms with E-state index in [0.717, 1.165) is 19.5 Å². The van der Waals surface area contributed by atoms with E-state index < -0.39 is 0 Å². The van der Waals surface area contributed by atoms with E-state index in [1.54, 1.807) is 7.11 Å². The van der Waals surface area contributed by atoms with E-state index in [9.17, 15) is 0 Å². The van der Waals surface area contributed by atoms with Gasteiger partial charge in [0, 0.05) is 31.9 Å². The highest BCUT2D eigenvalue weighted by atomic mass is 16.5. The molecule has 1 aliphatic rings. The summed E-state index contributed by atoms with van der Waals surface area (Å²) in [5.74, 6) is 0. The standard InChI is InChI=1S/C18H30N2O/c1-15(14-18(2,3)21-4)19-11-7-12-20-13-10-16-8-5-6-9-17(16)20/h5-6,8-9,15,19H,7,10-14H2,1-4H3. The molecule has 0 saturated carbocycles. The second-order valence-corrected chi connectivity index (χ2v) is 6.74. The maximum absolute atomic E-state index is 5.49. The second kappa shape index (κ2) is 7.28. The molecule has 0 amide bonds. The van der Waals surface area contributed by atoms with Gasteiger partial charge in [-0.1, -0.05) is 18.2 Å². The monoisotopic (exact) mass is 290 g/mol. The lowest BCUT2D eigenvalue weighted by Gasteiger charge is -2.27. The summed E-state index contributed by atoms with van der Waals surface area (Å²) >= 11 is 0. The molecule has 3 nitrogen and oxygen atoms in total. The van der Waals surface area contributed by atoms with Crippen LogP contribution in [0, 0.1) is 0 Å². The van der Waals surface area contributed by atoms with E-state index in [4.69, 9.17) is 4.74 Å². The summed E-state index contributed by atoms with van der Waals surface area (Å²) in [6, 6.07) is 9.28. The van der Waals surface area contributed by atoms with Gasteiger partial charge in [-0.2, -0.15) is 0 Å². The van der Waals surface area contributed by atoms with E-state index in [0.29, 0.717) is 6.04 Å². The number of ether oxygens (including phenoxy) is 1. The number of fused-ring (bicyclic) bond motifs is 1. The fraction of sp³-hybridized carbons (Fsp3) is 0.667. The molecule has 1 N–H and O–H groups in total. The van der Waals surface area contributed by atoms with Crippen molar-refractivity contribution in [2.75, 3.05) is 31.6 Å². The molecule has 21 heavy (non-hydrogen) atoms. The third kappa shape index (κ3) is 4.72. The Morgan fingerprint density at radius 2 is 2.10 bits per heavy atom. The van der Waals surface area contributed by atoms with Crippen LogP contribution in [-0.2, 0) is 11.2 Å². The topological polar surface area (TPSA) is 24.5 Å². The zero-order valence-corrected chi connectivity index (χ0v) is 14.0. The fourth-order valence-corrected chi connectivity index (χ4v) is 3.15. The molecule has 0 aromatic heterocycles. The van der Waals surface area contributed by atoms with Crippen molar-refractivity contribution in [2.45, 2.75) is 51.7 Å². The van der Waals surface area contributed by atoms with E-state index in [-0.39, 0.29) is 5.60 Å². The van der Waals surface area contributed by atoms with Gasteiger partial charge in [-0.05, 0) is 58.2 Å². The molecular formula is C18H30N2O. The Morgan fingerprint density at radius 3 is 2.86 bits per heavy atom. The average molecular weight is 290 g/mol. The van der Waals surface area contributed by atoms with Gasteiger partial charge in [0.1, 0.15) is 0 Å².